The van der Waals surface area contributed by atoms with Crippen molar-refractivity contribution in [1.29, 1.82) is 0 Å². The van der Waals surface area contributed by atoms with Crippen molar-refractivity contribution in [2.45, 2.75) is 13.0 Å². The Labute approximate surface area is 108 Å². The summed E-state index contributed by atoms with van der Waals surface area (Å²) in [6.07, 6.45) is 0. The zero-order valence-corrected chi connectivity index (χ0v) is 11.1. The number of carbonyl (C=O) groups excluding carboxylic acids is 1. The summed E-state index contributed by atoms with van der Waals surface area (Å²) < 4.78 is 14.2. The predicted molar refractivity (Wildman–Crippen MR) is 67.5 cm³/mol. The third-order valence-electron chi connectivity index (χ3n) is 2.94. The molecular formula is C12H14BrFN2O. The number of rotatable bonds is 1. The Morgan fingerprint density at radius 2 is 2.35 bits per heavy atom. The molecule has 1 aromatic carbocycles. The van der Waals surface area contributed by atoms with Crippen LogP contribution in [0, 0.1) is 5.82 Å². The van der Waals surface area contributed by atoms with E-state index in [-0.39, 0.29) is 17.5 Å². The summed E-state index contributed by atoms with van der Waals surface area (Å²) in [5.74, 6) is -0.723. The average Bonchev–Trinajstić information content (AvgIpc) is 2.29. The van der Waals surface area contributed by atoms with E-state index in [4.69, 9.17) is 0 Å². The van der Waals surface area contributed by atoms with E-state index >= 15 is 0 Å². The molecule has 0 spiro atoms. The molecule has 0 radical (unpaired) electrons. The third-order valence-corrected chi connectivity index (χ3v) is 3.60. The molecule has 0 bridgehead atoms. The highest BCUT2D eigenvalue weighted by molar-refractivity contribution is 9.10. The van der Waals surface area contributed by atoms with Crippen LogP contribution in [0.3, 0.4) is 0 Å². The van der Waals surface area contributed by atoms with Gasteiger partial charge in [-0.2, -0.15) is 0 Å². The highest BCUT2D eigenvalue weighted by atomic mass is 79.9. The predicted octanol–water partition coefficient (Wildman–Crippen LogP) is 2.02. The summed E-state index contributed by atoms with van der Waals surface area (Å²) in [6, 6.07) is 4.66. The second kappa shape index (κ2) is 5.14. The van der Waals surface area contributed by atoms with Gasteiger partial charge >= 0.3 is 0 Å². The maximum atomic E-state index is 13.7. The van der Waals surface area contributed by atoms with Crippen molar-refractivity contribution < 1.29 is 9.18 Å². The van der Waals surface area contributed by atoms with E-state index in [1.54, 1.807) is 17.0 Å². The summed E-state index contributed by atoms with van der Waals surface area (Å²) in [7, 11) is 0. The Morgan fingerprint density at radius 3 is 3.00 bits per heavy atom. The Hall–Kier alpha value is -0.940. The van der Waals surface area contributed by atoms with Gasteiger partial charge in [-0.15, -0.1) is 0 Å². The van der Waals surface area contributed by atoms with Gasteiger partial charge in [0.1, 0.15) is 5.82 Å². The fourth-order valence-electron chi connectivity index (χ4n) is 1.99. The van der Waals surface area contributed by atoms with Crippen LogP contribution < -0.4 is 5.32 Å². The number of halogens is 2. The molecule has 1 aliphatic rings. The first-order chi connectivity index (χ1) is 8.11. The van der Waals surface area contributed by atoms with Gasteiger partial charge in [-0.3, -0.25) is 4.79 Å². The topological polar surface area (TPSA) is 32.3 Å². The number of piperazine rings is 1. The van der Waals surface area contributed by atoms with Crippen LogP contribution in [0.5, 0.6) is 0 Å². The Balaban J connectivity index is 2.30. The largest absolute Gasteiger partial charge is 0.333 e. The summed E-state index contributed by atoms with van der Waals surface area (Å²) in [4.78, 5) is 14.0. The van der Waals surface area contributed by atoms with Gasteiger partial charge in [-0.25, -0.2) is 4.39 Å². The molecule has 1 N–H and O–H groups in total. The molecule has 0 aromatic heterocycles. The van der Waals surface area contributed by atoms with Gasteiger partial charge in [0.15, 0.2) is 0 Å². The van der Waals surface area contributed by atoms with Crippen molar-refractivity contribution in [2.75, 3.05) is 19.6 Å². The molecule has 0 unspecified atom stereocenters. The van der Waals surface area contributed by atoms with E-state index in [1.807, 2.05) is 6.92 Å². The molecular weight excluding hydrogens is 287 g/mol. The summed E-state index contributed by atoms with van der Waals surface area (Å²) in [5.41, 5.74) is 0.126. The van der Waals surface area contributed by atoms with E-state index in [0.717, 1.165) is 13.1 Å². The fourth-order valence-corrected chi connectivity index (χ4v) is 2.50. The van der Waals surface area contributed by atoms with Crippen molar-refractivity contribution in [2.24, 2.45) is 0 Å². The quantitative estimate of drug-likeness (QED) is 0.861. The Bertz CT molecular complexity index is 418. The molecule has 0 aliphatic carbocycles. The molecule has 3 nitrogen and oxygen atoms in total. The summed E-state index contributed by atoms with van der Waals surface area (Å²) in [6.45, 7) is 4.07. The molecule has 1 amide bonds. The molecule has 1 saturated heterocycles. The molecule has 17 heavy (non-hydrogen) atoms. The van der Waals surface area contributed by atoms with Crippen LogP contribution in [0.2, 0.25) is 0 Å². The first-order valence-corrected chi connectivity index (χ1v) is 6.36. The van der Waals surface area contributed by atoms with Gasteiger partial charge in [0, 0.05) is 30.1 Å². The monoisotopic (exact) mass is 300 g/mol. The zero-order chi connectivity index (χ0) is 12.4. The maximum Gasteiger partial charge on any atom is 0.258 e. The molecule has 1 heterocycles. The van der Waals surface area contributed by atoms with E-state index in [1.165, 1.54) is 6.07 Å². The first-order valence-electron chi connectivity index (χ1n) is 5.57. The van der Waals surface area contributed by atoms with Gasteiger partial charge in [-0.05, 0) is 35.0 Å². The Kier molecular flexibility index (Phi) is 3.79. The second-order valence-electron chi connectivity index (χ2n) is 4.15. The molecule has 5 heteroatoms. The van der Waals surface area contributed by atoms with E-state index < -0.39 is 5.82 Å². The minimum atomic E-state index is -0.477. The lowest BCUT2D eigenvalue weighted by atomic mass is 10.1. The zero-order valence-electron chi connectivity index (χ0n) is 9.54. The van der Waals surface area contributed by atoms with Gasteiger partial charge < -0.3 is 10.2 Å². The number of carbonyl (C=O) groups is 1. The minimum absolute atomic E-state index is 0.0859. The third kappa shape index (κ3) is 2.50. The molecule has 1 fully saturated rings. The maximum absolute atomic E-state index is 13.7. The lowest BCUT2D eigenvalue weighted by molar-refractivity contribution is 0.0650. The number of hydrogen-bond donors (Lipinski definition) is 1. The summed E-state index contributed by atoms with van der Waals surface area (Å²) in [5, 5.41) is 3.20. The normalized spacial score (nSPS) is 20.4. The van der Waals surface area contributed by atoms with Gasteiger partial charge in [0.05, 0.1) is 5.56 Å². The fraction of sp³-hybridized carbons (Fsp3) is 0.417. The molecule has 1 aromatic rings. The van der Waals surface area contributed by atoms with Crippen LogP contribution in [-0.2, 0) is 0 Å². The van der Waals surface area contributed by atoms with Crippen LogP contribution in [0.4, 0.5) is 4.39 Å². The number of nitrogens with zero attached hydrogens (tertiary/aromatic N) is 1. The number of nitrogens with one attached hydrogen (secondary N) is 1. The van der Waals surface area contributed by atoms with Gasteiger partial charge in [0.2, 0.25) is 0 Å². The van der Waals surface area contributed by atoms with Crippen molar-refractivity contribution in [1.82, 2.24) is 10.2 Å². The molecule has 1 aliphatic heterocycles. The van der Waals surface area contributed by atoms with E-state index in [0.29, 0.717) is 11.0 Å². The van der Waals surface area contributed by atoms with E-state index in [2.05, 4.69) is 21.2 Å². The SMILES string of the molecule is C[C@H]1CNCCN1C(=O)c1c(F)cccc1Br. The van der Waals surface area contributed by atoms with Crippen LogP contribution >= 0.6 is 15.9 Å². The molecule has 2 rings (SSSR count). The smallest absolute Gasteiger partial charge is 0.258 e. The lowest BCUT2D eigenvalue weighted by Crippen LogP contribution is -2.52. The average molecular weight is 301 g/mol. The minimum Gasteiger partial charge on any atom is -0.333 e. The number of hydrogen-bond acceptors (Lipinski definition) is 2. The second-order valence-corrected chi connectivity index (χ2v) is 5.00. The highest BCUT2D eigenvalue weighted by Gasteiger charge is 2.27. The summed E-state index contributed by atoms with van der Waals surface area (Å²) >= 11 is 3.23. The van der Waals surface area contributed by atoms with E-state index in [9.17, 15) is 9.18 Å². The first kappa shape index (κ1) is 12.5. The van der Waals surface area contributed by atoms with Crippen molar-refractivity contribution in [3.05, 3.63) is 34.1 Å². The highest BCUT2D eigenvalue weighted by Crippen LogP contribution is 2.22. The molecule has 92 valence electrons. The van der Waals surface area contributed by atoms with Gasteiger partial charge in [0.25, 0.3) is 5.91 Å². The van der Waals surface area contributed by atoms with Crippen molar-refractivity contribution in [3.63, 3.8) is 0 Å². The van der Waals surface area contributed by atoms with Gasteiger partial charge in [-0.1, -0.05) is 6.07 Å². The van der Waals surface area contributed by atoms with Crippen LogP contribution in [0.15, 0.2) is 22.7 Å². The van der Waals surface area contributed by atoms with Crippen molar-refractivity contribution >= 4 is 21.8 Å². The molecule has 1 atom stereocenters. The number of amides is 1. The Morgan fingerprint density at radius 1 is 1.59 bits per heavy atom. The number of benzene rings is 1. The van der Waals surface area contributed by atoms with Crippen LogP contribution in [0.25, 0.3) is 0 Å². The standard InChI is InChI=1S/C12H14BrFN2O/c1-8-7-15-5-6-16(8)12(17)11-9(13)3-2-4-10(11)14/h2-4,8,15H,5-7H2,1H3/t8-/m0/s1. The van der Waals surface area contributed by atoms with Crippen molar-refractivity contribution in [3.8, 4) is 0 Å². The van der Waals surface area contributed by atoms with Crippen LogP contribution in [-0.4, -0.2) is 36.5 Å². The lowest BCUT2D eigenvalue weighted by Gasteiger charge is -2.34. The molecule has 0 saturated carbocycles. The van der Waals surface area contributed by atoms with Crippen LogP contribution in [0.1, 0.15) is 17.3 Å².